The number of rotatable bonds is 0. The molecule has 0 aliphatic rings. The molecule has 0 aromatic rings. The topological polar surface area (TPSA) is 37.3 Å². The van der Waals surface area contributed by atoms with Crippen molar-refractivity contribution in [3.63, 3.8) is 0 Å². The molecule has 0 atom stereocenters. The van der Waals surface area contributed by atoms with Crippen molar-refractivity contribution >= 4 is 5.78 Å². The van der Waals surface area contributed by atoms with Gasteiger partial charge in [0.25, 0.3) is 0 Å². The predicted octanol–water partition coefficient (Wildman–Crippen LogP) is 0.591. The van der Waals surface area contributed by atoms with Crippen molar-refractivity contribution in [2.24, 2.45) is 0 Å². The average molecular weight is 160 g/mol. The van der Waals surface area contributed by atoms with Crippen LogP contribution < -0.4 is 0 Å². The van der Waals surface area contributed by atoms with Crippen LogP contribution in [0.25, 0.3) is 0 Å². The Balaban J connectivity index is -0.0000000575. The van der Waals surface area contributed by atoms with Gasteiger partial charge in [0, 0.05) is 23.7 Å². The molecule has 0 aromatic carbocycles. The summed E-state index contributed by atoms with van der Waals surface area (Å²) in [6.07, 6.45) is 0. The van der Waals surface area contributed by atoms with Crippen LogP contribution in [0.2, 0.25) is 0 Å². The molecule has 52 valence electrons. The number of carbonyl (C=O) groups excluding carboxylic acids is 1. The fourth-order valence-electron chi connectivity index (χ4n) is 0. The normalized spacial score (nSPS) is 5.50. The molecule has 0 aromatic heterocycles. The van der Waals surface area contributed by atoms with Crippen LogP contribution in [0.15, 0.2) is 0 Å². The van der Waals surface area contributed by atoms with E-state index in [-0.39, 0.29) is 29.5 Å². The van der Waals surface area contributed by atoms with E-state index >= 15 is 0 Å². The molecule has 0 saturated heterocycles. The Labute approximate surface area is 60.8 Å². The summed E-state index contributed by atoms with van der Waals surface area (Å²) in [5, 5.41) is 7.57. The summed E-state index contributed by atoms with van der Waals surface area (Å²) in [4.78, 5) is 9.44. The van der Waals surface area contributed by atoms with E-state index in [0.29, 0.717) is 0 Å². The van der Waals surface area contributed by atoms with Gasteiger partial charge in [-0.15, -0.1) is 0 Å². The minimum Gasteiger partial charge on any atom is -0.397 e. The molecule has 8 heavy (non-hydrogen) atoms. The third-order valence-electron chi connectivity index (χ3n) is 0. The number of aliphatic hydroxyl groups is 1. The van der Waals surface area contributed by atoms with E-state index in [9.17, 15) is 4.79 Å². The van der Waals surface area contributed by atoms with Crippen LogP contribution in [-0.2, 0) is 21.9 Å². The second-order valence-electron chi connectivity index (χ2n) is 1.22. The van der Waals surface area contributed by atoms with Crippen LogP contribution in [0.3, 0.4) is 0 Å². The summed E-state index contributed by atoms with van der Waals surface area (Å²) in [6.45, 7) is 4.99. The van der Waals surface area contributed by atoms with Crippen molar-refractivity contribution in [3.8, 4) is 0 Å². The molecule has 0 spiro atoms. The molecule has 0 heterocycles. The van der Waals surface area contributed by atoms with Gasteiger partial charge >= 0.3 is 0 Å². The van der Waals surface area contributed by atoms with Crippen molar-refractivity contribution in [2.75, 3.05) is 6.61 Å². The Hall–Kier alpha value is 0.149. The van der Waals surface area contributed by atoms with E-state index in [1.807, 2.05) is 0 Å². The van der Waals surface area contributed by atoms with Gasteiger partial charge in [0.2, 0.25) is 0 Å². The molecule has 0 radical (unpaired) electrons. The second kappa shape index (κ2) is 15.7. The zero-order chi connectivity index (χ0) is 6.28. The summed E-state index contributed by atoms with van der Waals surface area (Å²) < 4.78 is 0. The minimum absolute atomic E-state index is 0. The van der Waals surface area contributed by atoms with Crippen molar-refractivity contribution in [1.82, 2.24) is 0 Å². The quantitative estimate of drug-likeness (QED) is 0.526. The van der Waals surface area contributed by atoms with Crippen molar-refractivity contribution in [3.05, 3.63) is 0 Å². The standard InChI is InChI=1S/C3H6O.C2H6O.Fe/c1-3(2)4;1-2-3;/h1-2H3;3H,2H2,1H3;. The van der Waals surface area contributed by atoms with Gasteiger partial charge in [-0.25, -0.2) is 0 Å². The van der Waals surface area contributed by atoms with Crippen LogP contribution in [0.5, 0.6) is 0 Å². The molecule has 0 amide bonds. The smallest absolute Gasteiger partial charge is 0.126 e. The Morgan fingerprint density at radius 1 is 1.50 bits per heavy atom. The molecular formula is C5H12FeO2. The van der Waals surface area contributed by atoms with Gasteiger partial charge in [-0.05, 0) is 20.8 Å². The Bertz CT molecular complexity index is 41.7. The van der Waals surface area contributed by atoms with Crippen LogP contribution in [-0.4, -0.2) is 17.5 Å². The molecule has 3 heteroatoms. The first-order chi connectivity index (χ1) is 3.15. The molecule has 1 N–H and O–H groups in total. The number of ketones is 1. The van der Waals surface area contributed by atoms with Gasteiger partial charge in [0.05, 0.1) is 0 Å². The Morgan fingerprint density at radius 3 is 1.50 bits per heavy atom. The van der Waals surface area contributed by atoms with Gasteiger partial charge in [-0.2, -0.15) is 0 Å². The van der Waals surface area contributed by atoms with Crippen LogP contribution >= 0.6 is 0 Å². The van der Waals surface area contributed by atoms with Crippen molar-refractivity contribution in [1.29, 1.82) is 0 Å². The number of carbonyl (C=O) groups is 1. The van der Waals surface area contributed by atoms with E-state index in [1.165, 1.54) is 13.8 Å². The van der Waals surface area contributed by atoms with E-state index in [0.717, 1.165) is 0 Å². The molecule has 0 saturated carbocycles. The molecule has 0 fully saturated rings. The van der Waals surface area contributed by atoms with Gasteiger partial charge in [0.1, 0.15) is 5.78 Å². The fraction of sp³-hybridized carbons (Fsp3) is 0.800. The molecule has 2 nitrogen and oxygen atoms in total. The first kappa shape index (κ1) is 15.7. The molecule has 0 rings (SSSR count). The zero-order valence-corrected chi connectivity index (χ0v) is 6.52. The van der Waals surface area contributed by atoms with E-state index in [4.69, 9.17) is 5.11 Å². The van der Waals surface area contributed by atoms with Crippen molar-refractivity contribution < 1.29 is 27.0 Å². The maximum Gasteiger partial charge on any atom is 0.126 e. The van der Waals surface area contributed by atoms with Gasteiger partial charge < -0.3 is 9.90 Å². The summed E-state index contributed by atoms with van der Waals surface area (Å²) >= 11 is 0. The Kier molecular flexibility index (Phi) is 30.8. The number of hydrogen-bond acceptors (Lipinski definition) is 2. The summed E-state index contributed by atoms with van der Waals surface area (Å²) in [7, 11) is 0. The molecule has 0 aliphatic carbocycles. The van der Waals surface area contributed by atoms with Crippen molar-refractivity contribution in [2.45, 2.75) is 20.8 Å². The predicted molar refractivity (Wildman–Crippen MR) is 29.1 cm³/mol. The Morgan fingerprint density at radius 2 is 1.50 bits per heavy atom. The molecule has 0 unspecified atom stereocenters. The van der Waals surface area contributed by atoms with Crippen LogP contribution in [0.1, 0.15) is 20.8 Å². The van der Waals surface area contributed by atoms with Gasteiger partial charge in [-0.3, -0.25) is 0 Å². The maximum atomic E-state index is 9.44. The molecule has 0 bridgehead atoms. The fourth-order valence-corrected chi connectivity index (χ4v) is 0. The zero-order valence-electron chi connectivity index (χ0n) is 5.42. The number of hydrogen-bond donors (Lipinski definition) is 1. The summed E-state index contributed by atoms with van der Waals surface area (Å²) in [6, 6.07) is 0. The van der Waals surface area contributed by atoms with Crippen LogP contribution in [0, 0.1) is 0 Å². The van der Waals surface area contributed by atoms with Gasteiger partial charge in [0.15, 0.2) is 0 Å². The SMILES string of the molecule is CC(C)=O.CCO.[Fe]. The number of Topliss-reactive ketones (excluding diaryl/α,β-unsaturated/α-hetero) is 1. The van der Waals surface area contributed by atoms with Crippen LogP contribution in [0.4, 0.5) is 0 Å². The summed E-state index contributed by atoms with van der Waals surface area (Å²) in [5.41, 5.74) is 0. The number of aliphatic hydroxyl groups excluding tert-OH is 1. The van der Waals surface area contributed by atoms with E-state index in [1.54, 1.807) is 6.92 Å². The molecular weight excluding hydrogens is 148 g/mol. The third-order valence-corrected chi connectivity index (χ3v) is 0. The second-order valence-corrected chi connectivity index (χ2v) is 1.22. The average Bonchev–Trinajstić information content (AvgIpc) is 1.33. The first-order valence-corrected chi connectivity index (χ1v) is 2.23. The monoisotopic (exact) mass is 160 g/mol. The third kappa shape index (κ3) is 7300. The maximum absolute atomic E-state index is 9.44. The van der Waals surface area contributed by atoms with E-state index in [2.05, 4.69) is 0 Å². The van der Waals surface area contributed by atoms with Gasteiger partial charge in [-0.1, -0.05) is 0 Å². The first-order valence-electron chi connectivity index (χ1n) is 2.23. The minimum atomic E-state index is 0. The largest absolute Gasteiger partial charge is 0.397 e. The molecule has 0 aliphatic heterocycles. The summed E-state index contributed by atoms with van der Waals surface area (Å²) in [5.74, 6) is 0.167. The van der Waals surface area contributed by atoms with E-state index < -0.39 is 0 Å².